The zero-order chi connectivity index (χ0) is 13.0. The zero-order valence-corrected chi connectivity index (χ0v) is 10.4. The number of carbonyl (C=O) groups excluding carboxylic acids is 1. The molecule has 0 saturated carbocycles. The van der Waals surface area contributed by atoms with Gasteiger partial charge >= 0.3 is 0 Å². The summed E-state index contributed by atoms with van der Waals surface area (Å²) >= 11 is 5.93. The average molecular weight is 262 g/mol. The molecular formula is C14H12ClNO2. The Bertz CT molecular complexity index is 555. The number of nitrogens with two attached hydrogens (primary N) is 1. The molecule has 0 unspecified atom stereocenters. The van der Waals surface area contributed by atoms with Crippen molar-refractivity contribution in [3.8, 4) is 5.75 Å². The van der Waals surface area contributed by atoms with Gasteiger partial charge in [0.05, 0.1) is 10.6 Å². The van der Waals surface area contributed by atoms with Crippen LogP contribution >= 0.6 is 11.6 Å². The van der Waals surface area contributed by atoms with Crippen LogP contribution in [-0.4, -0.2) is 5.91 Å². The summed E-state index contributed by atoms with van der Waals surface area (Å²) in [6, 6.07) is 14.6. The summed E-state index contributed by atoms with van der Waals surface area (Å²) in [4.78, 5) is 11.0. The van der Waals surface area contributed by atoms with Crippen LogP contribution in [0, 0.1) is 0 Å². The van der Waals surface area contributed by atoms with Crippen molar-refractivity contribution in [3.63, 3.8) is 0 Å². The summed E-state index contributed by atoms with van der Waals surface area (Å²) in [6.07, 6.45) is 0. The van der Waals surface area contributed by atoms with Crippen molar-refractivity contribution in [2.45, 2.75) is 6.61 Å². The first-order valence-electron chi connectivity index (χ1n) is 5.43. The molecule has 1 amide bonds. The minimum absolute atomic E-state index is 0.295. The van der Waals surface area contributed by atoms with Crippen molar-refractivity contribution >= 4 is 17.5 Å². The first-order chi connectivity index (χ1) is 8.66. The van der Waals surface area contributed by atoms with Crippen LogP contribution in [0.25, 0.3) is 0 Å². The smallest absolute Gasteiger partial charge is 0.250 e. The summed E-state index contributed by atoms with van der Waals surface area (Å²) in [5, 5.41) is 0.299. The van der Waals surface area contributed by atoms with Gasteiger partial charge in [-0.25, -0.2) is 0 Å². The summed E-state index contributed by atoms with van der Waals surface area (Å²) in [7, 11) is 0. The Morgan fingerprint density at radius 1 is 1.17 bits per heavy atom. The maximum atomic E-state index is 11.0. The Balaban J connectivity index is 2.07. The molecule has 2 aromatic rings. The maximum absolute atomic E-state index is 11.0. The van der Waals surface area contributed by atoms with Crippen LogP contribution in [0.3, 0.4) is 0 Å². The molecule has 0 heterocycles. The number of amides is 1. The first-order valence-corrected chi connectivity index (χ1v) is 5.80. The van der Waals surface area contributed by atoms with Crippen LogP contribution in [0.15, 0.2) is 48.5 Å². The number of hydrogen-bond acceptors (Lipinski definition) is 2. The lowest BCUT2D eigenvalue weighted by Crippen LogP contribution is -2.11. The van der Waals surface area contributed by atoms with Crippen molar-refractivity contribution in [2.75, 3.05) is 0 Å². The fourth-order valence-corrected chi connectivity index (χ4v) is 1.79. The summed E-state index contributed by atoms with van der Waals surface area (Å²) in [5.74, 6) is 0.0588. The molecule has 2 rings (SSSR count). The van der Waals surface area contributed by atoms with E-state index in [1.54, 1.807) is 18.2 Å². The molecular weight excluding hydrogens is 250 g/mol. The summed E-state index contributed by atoms with van der Waals surface area (Å²) in [5.41, 5.74) is 6.52. The molecule has 0 aliphatic carbocycles. The summed E-state index contributed by atoms with van der Waals surface area (Å²) < 4.78 is 5.57. The number of ether oxygens (including phenoxy) is 1. The molecule has 3 nitrogen and oxygen atoms in total. The topological polar surface area (TPSA) is 52.3 Å². The maximum Gasteiger partial charge on any atom is 0.250 e. The van der Waals surface area contributed by atoms with E-state index in [-0.39, 0.29) is 0 Å². The second-order valence-corrected chi connectivity index (χ2v) is 4.19. The second-order valence-electron chi connectivity index (χ2n) is 3.78. The third kappa shape index (κ3) is 3.02. The molecule has 0 saturated heterocycles. The van der Waals surface area contributed by atoms with E-state index in [1.165, 1.54) is 0 Å². The molecule has 0 fully saturated rings. The number of carbonyl (C=O) groups is 1. The van der Waals surface area contributed by atoms with E-state index in [2.05, 4.69) is 0 Å². The van der Waals surface area contributed by atoms with Gasteiger partial charge in [0.1, 0.15) is 12.4 Å². The number of benzene rings is 2. The van der Waals surface area contributed by atoms with Crippen molar-refractivity contribution in [1.82, 2.24) is 0 Å². The molecule has 92 valence electrons. The zero-order valence-electron chi connectivity index (χ0n) is 9.60. The Hall–Kier alpha value is -2.00. The number of hydrogen-bond donors (Lipinski definition) is 1. The van der Waals surface area contributed by atoms with Crippen LogP contribution in [0.2, 0.25) is 5.02 Å². The van der Waals surface area contributed by atoms with Gasteiger partial charge in [0, 0.05) is 0 Å². The molecule has 2 N–H and O–H groups in total. The van der Waals surface area contributed by atoms with Crippen molar-refractivity contribution < 1.29 is 9.53 Å². The van der Waals surface area contributed by atoms with Crippen molar-refractivity contribution in [3.05, 3.63) is 64.7 Å². The first kappa shape index (κ1) is 12.5. The molecule has 0 aromatic heterocycles. The van der Waals surface area contributed by atoms with E-state index in [9.17, 15) is 4.79 Å². The van der Waals surface area contributed by atoms with Crippen molar-refractivity contribution in [2.24, 2.45) is 5.73 Å². The van der Waals surface area contributed by atoms with Gasteiger partial charge in [-0.05, 0) is 23.8 Å². The third-order valence-corrected chi connectivity index (χ3v) is 2.77. The summed E-state index contributed by atoms with van der Waals surface area (Å²) in [6.45, 7) is 0.451. The van der Waals surface area contributed by atoms with Gasteiger partial charge in [-0.3, -0.25) is 4.79 Å². The predicted molar refractivity (Wildman–Crippen MR) is 70.7 cm³/mol. The van der Waals surface area contributed by atoms with Crippen LogP contribution in [-0.2, 0) is 6.61 Å². The Morgan fingerprint density at radius 3 is 2.50 bits per heavy atom. The largest absolute Gasteiger partial charge is 0.489 e. The minimum Gasteiger partial charge on any atom is -0.489 e. The van der Waals surface area contributed by atoms with Gasteiger partial charge in [-0.15, -0.1) is 0 Å². The average Bonchev–Trinajstić information content (AvgIpc) is 2.37. The quantitative estimate of drug-likeness (QED) is 0.920. The lowest BCUT2D eigenvalue weighted by molar-refractivity contribution is 0.100. The molecule has 2 aromatic carbocycles. The lowest BCUT2D eigenvalue weighted by Gasteiger charge is -2.07. The van der Waals surface area contributed by atoms with Gasteiger partial charge in [-0.1, -0.05) is 41.9 Å². The fraction of sp³-hybridized carbons (Fsp3) is 0.0714. The number of rotatable bonds is 4. The number of primary amides is 1. The van der Waals surface area contributed by atoms with E-state index in [1.807, 2.05) is 30.3 Å². The van der Waals surface area contributed by atoms with Gasteiger partial charge in [0.2, 0.25) is 5.91 Å². The van der Waals surface area contributed by atoms with E-state index in [0.29, 0.717) is 22.9 Å². The third-order valence-electron chi connectivity index (χ3n) is 2.45. The minimum atomic E-state index is -0.547. The Labute approximate surface area is 110 Å². The molecule has 4 heteroatoms. The van der Waals surface area contributed by atoms with Gasteiger partial charge in [0.15, 0.2) is 0 Å². The van der Waals surface area contributed by atoms with Crippen LogP contribution in [0.5, 0.6) is 5.75 Å². The molecule has 0 spiro atoms. The SMILES string of the molecule is NC(=O)c1ccc(OCc2ccccc2)cc1Cl. The highest BCUT2D eigenvalue weighted by atomic mass is 35.5. The second kappa shape index (κ2) is 5.56. The number of halogens is 1. The molecule has 0 radical (unpaired) electrons. The Kier molecular flexibility index (Phi) is 3.85. The molecule has 18 heavy (non-hydrogen) atoms. The Morgan fingerprint density at radius 2 is 1.89 bits per heavy atom. The lowest BCUT2D eigenvalue weighted by atomic mass is 10.2. The molecule has 0 aliphatic rings. The van der Waals surface area contributed by atoms with E-state index >= 15 is 0 Å². The highest BCUT2D eigenvalue weighted by Gasteiger charge is 2.07. The monoisotopic (exact) mass is 261 g/mol. The fourth-order valence-electron chi connectivity index (χ4n) is 1.53. The molecule has 0 atom stereocenters. The van der Waals surface area contributed by atoms with E-state index < -0.39 is 5.91 Å². The highest BCUT2D eigenvalue weighted by Crippen LogP contribution is 2.22. The van der Waals surface area contributed by atoms with E-state index in [4.69, 9.17) is 22.1 Å². The van der Waals surface area contributed by atoms with Gasteiger partial charge in [0.25, 0.3) is 0 Å². The molecule has 0 aliphatic heterocycles. The van der Waals surface area contributed by atoms with Crippen LogP contribution in [0.4, 0.5) is 0 Å². The molecule has 0 bridgehead atoms. The standard InChI is InChI=1S/C14H12ClNO2/c15-13-8-11(6-7-12(13)14(16)17)18-9-10-4-2-1-3-5-10/h1-8H,9H2,(H2,16,17). The van der Waals surface area contributed by atoms with Gasteiger partial charge < -0.3 is 10.5 Å². The normalized spacial score (nSPS) is 10.1. The predicted octanol–water partition coefficient (Wildman–Crippen LogP) is 3.02. The van der Waals surface area contributed by atoms with Crippen LogP contribution in [0.1, 0.15) is 15.9 Å². The van der Waals surface area contributed by atoms with Crippen molar-refractivity contribution in [1.29, 1.82) is 0 Å². The van der Waals surface area contributed by atoms with E-state index in [0.717, 1.165) is 5.56 Å². The van der Waals surface area contributed by atoms with Crippen LogP contribution < -0.4 is 10.5 Å². The van der Waals surface area contributed by atoms with Gasteiger partial charge in [-0.2, -0.15) is 0 Å². The highest BCUT2D eigenvalue weighted by molar-refractivity contribution is 6.33.